The van der Waals surface area contributed by atoms with Crippen LogP contribution in [-0.4, -0.2) is 21.0 Å². The molecule has 0 radical (unpaired) electrons. The number of aromatic hydroxyl groups is 1. The molecule has 0 aliphatic heterocycles. The summed E-state index contributed by atoms with van der Waals surface area (Å²) in [6.07, 6.45) is 0. The number of fused-ring (bicyclic) bond motifs is 2. The maximum absolute atomic E-state index is 10.3. The van der Waals surface area contributed by atoms with Crippen molar-refractivity contribution in [2.24, 2.45) is 10.2 Å². The van der Waals surface area contributed by atoms with Crippen molar-refractivity contribution in [1.29, 1.82) is 5.26 Å². The quantitative estimate of drug-likeness (QED) is 0.444. The standard InChI is InChI=1S/C20H16N6OS/c1-3-22-16-6-4-5-13-15(7-8-17(27)18(13)16)24-25-20-14-9-12(10-21)11(2)23-19(14)26-28-20/h4-9,22,27H,3H2,1-2H3/b25-24+. The summed E-state index contributed by atoms with van der Waals surface area (Å²) in [5.74, 6) is 0.187. The Morgan fingerprint density at radius 2 is 2.07 bits per heavy atom. The Hall–Kier alpha value is -3.57. The first-order valence-corrected chi connectivity index (χ1v) is 9.47. The molecule has 2 aromatic heterocycles. The SMILES string of the molecule is CCNc1cccc2c(/N=N/c3snc4nc(C)c(C#N)cc34)ccc(O)c12. The van der Waals surface area contributed by atoms with Gasteiger partial charge < -0.3 is 10.4 Å². The lowest BCUT2D eigenvalue weighted by Gasteiger charge is -2.10. The largest absolute Gasteiger partial charge is 0.507 e. The van der Waals surface area contributed by atoms with Crippen LogP contribution < -0.4 is 5.32 Å². The van der Waals surface area contributed by atoms with Crippen LogP contribution in [0.15, 0.2) is 46.6 Å². The highest BCUT2D eigenvalue weighted by atomic mass is 32.1. The Balaban J connectivity index is 1.82. The van der Waals surface area contributed by atoms with Crippen LogP contribution in [0, 0.1) is 18.3 Å². The molecule has 2 aromatic carbocycles. The summed E-state index contributed by atoms with van der Waals surface area (Å²) >= 11 is 1.19. The number of benzene rings is 2. The molecular weight excluding hydrogens is 372 g/mol. The second kappa shape index (κ2) is 7.21. The number of rotatable bonds is 4. The molecule has 4 rings (SSSR count). The Labute approximate surface area is 165 Å². The summed E-state index contributed by atoms with van der Waals surface area (Å²) in [4.78, 5) is 4.35. The van der Waals surface area contributed by atoms with Gasteiger partial charge >= 0.3 is 0 Å². The van der Waals surface area contributed by atoms with Gasteiger partial charge in [-0.2, -0.15) is 9.64 Å². The molecule has 0 aliphatic rings. The number of pyridine rings is 1. The molecule has 0 atom stereocenters. The summed E-state index contributed by atoms with van der Waals surface area (Å²) < 4.78 is 4.30. The van der Waals surface area contributed by atoms with E-state index in [4.69, 9.17) is 0 Å². The van der Waals surface area contributed by atoms with Gasteiger partial charge in [0, 0.05) is 23.0 Å². The van der Waals surface area contributed by atoms with Crippen molar-refractivity contribution in [3.8, 4) is 11.8 Å². The number of nitrogens with one attached hydrogen (secondary N) is 1. The number of hydrogen-bond acceptors (Lipinski definition) is 8. The summed E-state index contributed by atoms with van der Waals surface area (Å²) in [6.45, 7) is 4.52. The highest BCUT2D eigenvalue weighted by molar-refractivity contribution is 7.11. The number of azo groups is 1. The summed E-state index contributed by atoms with van der Waals surface area (Å²) in [5.41, 5.74) is 3.17. The molecule has 8 heteroatoms. The van der Waals surface area contributed by atoms with Gasteiger partial charge in [0.25, 0.3) is 0 Å². The predicted molar refractivity (Wildman–Crippen MR) is 111 cm³/mol. The van der Waals surface area contributed by atoms with Crippen LogP contribution in [0.4, 0.5) is 16.4 Å². The normalized spacial score (nSPS) is 11.3. The molecule has 0 bridgehead atoms. The van der Waals surface area contributed by atoms with Crippen molar-refractivity contribution in [2.75, 3.05) is 11.9 Å². The lowest BCUT2D eigenvalue weighted by Crippen LogP contribution is -1.97. The van der Waals surface area contributed by atoms with Crippen LogP contribution in [0.1, 0.15) is 18.2 Å². The van der Waals surface area contributed by atoms with Gasteiger partial charge in [0.05, 0.1) is 22.3 Å². The van der Waals surface area contributed by atoms with E-state index in [0.717, 1.165) is 17.6 Å². The van der Waals surface area contributed by atoms with Crippen molar-refractivity contribution in [1.82, 2.24) is 9.36 Å². The fraction of sp³-hybridized carbons (Fsp3) is 0.150. The van der Waals surface area contributed by atoms with E-state index in [1.54, 1.807) is 25.1 Å². The number of phenols is 1. The molecule has 2 N–H and O–H groups in total. The minimum absolute atomic E-state index is 0.187. The van der Waals surface area contributed by atoms with Gasteiger partial charge in [-0.15, -0.1) is 10.2 Å². The molecule has 2 heterocycles. The van der Waals surface area contributed by atoms with Crippen LogP contribution in [0.5, 0.6) is 5.75 Å². The van der Waals surface area contributed by atoms with Gasteiger partial charge in [-0.1, -0.05) is 12.1 Å². The third kappa shape index (κ3) is 3.02. The van der Waals surface area contributed by atoms with Crippen LogP contribution in [-0.2, 0) is 0 Å². The molecular formula is C20H16N6OS. The van der Waals surface area contributed by atoms with Crippen molar-refractivity contribution in [3.63, 3.8) is 0 Å². The molecule has 0 saturated heterocycles. The van der Waals surface area contributed by atoms with Crippen molar-refractivity contribution in [3.05, 3.63) is 47.7 Å². The van der Waals surface area contributed by atoms with Crippen LogP contribution in [0.25, 0.3) is 21.8 Å². The minimum Gasteiger partial charge on any atom is -0.507 e. The fourth-order valence-corrected chi connectivity index (χ4v) is 3.68. The maximum atomic E-state index is 10.3. The lowest BCUT2D eigenvalue weighted by atomic mass is 10.1. The number of aryl methyl sites for hydroxylation is 1. The first-order chi connectivity index (χ1) is 13.6. The molecule has 0 spiro atoms. The van der Waals surface area contributed by atoms with E-state index >= 15 is 0 Å². The average molecular weight is 388 g/mol. The second-order valence-corrected chi connectivity index (χ2v) is 6.91. The number of hydrogen-bond donors (Lipinski definition) is 2. The fourth-order valence-electron chi connectivity index (χ4n) is 3.04. The number of nitriles is 1. The van der Waals surface area contributed by atoms with Gasteiger partial charge in [0.1, 0.15) is 11.8 Å². The van der Waals surface area contributed by atoms with Crippen LogP contribution in [0.2, 0.25) is 0 Å². The average Bonchev–Trinajstić information content (AvgIpc) is 3.08. The lowest BCUT2D eigenvalue weighted by molar-refractivity contribution is 0.482. The van der Waals surface area contributed by atoms with Gasteiger partial charge in [-0.05, 0) is 49.6 Å². The monoisotopic (exact) mass is 388 g/mol. The Kier molecular flexibility index (Phi) is 4.59. The molecule has 0 fully saturated rings. The molecule has 138 valence electrons. The van der Waals surface area contributed by atoms with E-state index in [9.17, 15) is 10.4 Å². The van der Waals surface area contributed by atoms with E-state index in [0.29, 0.717) is 38.4 Å². The Bertz CT molecular complexity index is 1270. The maximum Gasteiger partial charge on any atom is 0.175 e. The van der Waals surface area contributed by atoms with E-state index in [2.05, 4.69) is 31.0 Å². The summed E-state index contributed by atoms with van der Waals surface area (Å²) in [7, 11) is 0. The molecule has 0 aliphatic carbocycles. The first kappa shape index (κ1) is 17.8. The number of aromatic nitrogens is 2. The van der Waals surface area contributed by atoms with Crippen LogP contribution >= 0.6 is 11.5 Å². The molecule has 0 amide bonds. The van der Waals surface area contributed by atoms with Crippen LogP contribution in [0.3, 0.4) is 0 Å². The smallest absolute Gasteiger partial charge is 0.175 e. The Morgan fingerprint density at radius 3 is 2.86 bits per heavy atom. The van der Waals surface area contributed by atoms with E-state index in [1.807, 2.05) is 25.1 Å². The zero-order chi connectivity index (χ0) is 19.7. The molecule has 0 unspecified atom stereocenters. The molecule has 4 aromatic rings. The van der Waals surface area contributed by atoms with Crippen molar-refractivity contribution < 1.29 is 5.11 Å². The molecule has 28 heavy (non-hydrogen) atoms. The number of nitrogens with zero attached hydrogens (tertiary/aromatic N) is 5. The number of anilines is 1. The topological polar surface area (TPSA) is 107 Å². The summed E-state index contributed by atoms with van der Waals surface area (Å²) in [5, 5.41) is 34.3. The van der Waals surface area contributed by atoms with Gasteiger partial charge in [-0.3, -0.25) is 0 Å². The second-order valence-electron chi connectivity index (χ2n) is 6.15. The third-order valence-corrected chi connectivity index (χ3v) is 5.11. The predicted octanol–water partition coefficient (Wildman–Crippen LogP) is 5.58. The van der Waals surface area contributed by atoms with Crippen molar-refractivity contribution >= 4 is 49.7 Å². The minimum atomic E-state index is 0.187. The number of phenolic OH excluding ortho intramolecular Hbond substituents is 1. The van der Waals surface area contributed by atoms with E-state index in [-0.39, 0.29) is 5.75 Å². The van der Waals surface area contributed by atoms with E-state index < -0.39 is 0 Å². The van der Waals surface area contributed by atoms with E-state index in [1.165, 1.54) is 11.5 Å². The first-order valence-electron chi connectivity index (χ1n) is 8.69. The highest BCUT2D eigenvalue weighted by Crippen LogP contribution is 2.39. The van der Waals surface area contributed by atoms with Gasteiger partial charge in [0.15, 0.2) is 10.6 Å². The van der Waals surface area contributed by atoms with Gasteiger partial charge in [0.2, 0.25) is 0 Å². The molecule has 0 saturated carbocycles. The summed E-state index contributed by atoms with van der Waals surface area (Å²) in [6, 6.07) is 12.9. The zero-order valence-electron chi connectivity index (χ0n) is 15.3. The Morgan fingerprint density at radius 1 is 1.21 bits per heavy atom. The van der Waals surface area contributed by atoms with Crippen molar-refractivity contribution in [2.45, 2.75) is 13.8 Å². The van der Waals surface area contributed by atoms with Gasteiger partial charge in [-0.25, -0.2) is 4.98 Å². The third-order valence-electron chi connectivity index (χ3n) is 4.37. The molecule has 7 nitrogen and oxygen atoms in total. The highest BCUT2D eigenvalue weighted by Gasteiger charge is 2.12. The zero-order valence-corrected chi connectivity index (χ0v) is 16.1.